The van der Waals surface area contributed by atoms with Crippen molar-refractivity contribution in [1.82, 2.24) is 14.8 Å². The molecule has 0 aliphatic carbocycles. The number of ether oxygens (including phenoxy) is 3. The van der Waals surface area contributed by atoms with Gasteiger partial charge in [-0.2, -0.15) is 0 Å². The molecule has 0 saturated carbocycles. The van der Waals surface area contributed by atoms with E-state index < -0.39 is 5.60 Å². The SMILES string of the molecule is CC(C)(C)OC(=O)N1CCN(CCCOc2ccc(-c3nc4ccc(Oc5ccc(C(C)(C)C)cc5)cc4o3)cc2)CC1. The lowest BCUT2D eigenvalue weighted by atomic mass is 9.87. The predicted molar refractivity (Wildman–Crippen MR) is 169 cm³/mol. The first-order valence-corrected chi connectivity index (χ1v) is 15.1. The fourth-order valence-electron chi connectivity index (χ4n) is 4.90. The molecule has 1 aliphatic rings. The minimum Gasteiger partial charge on any atom is -0.494 e. The van der Waals surface area contributed by atoms with Crippen molar-refractivity contribution in [2.24, 2.45) is 0 Å². The number of rotatable bonds is 8. The number of benzene rings is 3. The summed E-state index contributed by atoms with van der Waals surface area (Å²) in [5, 5.41) is 0. The van der Waals surface area contributed by atoms with Gasteiger partial charge in [-0.15, -0.1) is 0 Å². The largest absolute Gasteiger partial charge is 0.494 e. The van der Waals surface area contributed by atoms with Gasteiger partial charge in [0, 0.05) is 44.4 Å². The Morgan fingerprint density at radius 3 is 2.14 bits per heavy atom. The normalized spacial score (nSPS) is 14.6. The molecule has 0 unspecified atom stereocenters. The van der Waals surface area contributed by atoms with Crippen LogP contribution < -0.4 is 9.47 Å². The van der Waals surface area contributed by atoms with Gasteiger partial charge in [0.2, 0.25) is 5.89 Å². The molecule has 0 radical (unpaired) electrons. The molecule has 4 aromatic rings. The molecule has 0 atom stereocenters. The number of fused-ring (bicyclic) bond motifs is 1. The first-order valence-electron chi connectivity index (χ1n) is 15.1. The van der Waals surface area contributed by atoms with Crippen LogP contribution in [0.25, 0.3) is 22.6 Å². The molecule has 8 heteroatoms. The third-order valence-corrected chi connectivity index (χ3v) is 7.33. The van der Waals surface area contributed by atoms with Crippen LogP contribution in [0, 0.1) is 0 Å². The van der Waals surface area contributed by atoms with Crippen LogP contribution in [0.2, 0.25) is 0 Å². The molecule has 5 rings (SSSR count). The summed E-state index contributed by atoms with van der Waals surface area (Å²) >= 11 is 0. The van der Waals surface area contributed by atoms with Crippen molar-refractivity contribution in [1.29, 1.82) is 0 Å². The zero-order valence-electron chi connectivity index (χ0n) is 26.2. The molecule has 8 nitrogen and oxygen atoms in total. The summed E-state index contributed by atoms with van der Waals surface area (Å²) in [6, 6.07) is 21.7. The number of amides is 1. The molecule has 1 amide bonds. The molecular weight excluding hydrogens is 542 g/mol. The number of hydrogen-bond acceptors (Lipinski definition) is 7. The van der Waals surface area contributed by atoms with Crippen LogP contribution in [-0.2, 0) is 10.2 Å². The number of aromatic nitrogens is 1. The fraction of sp³-hybridized carbons (Fsp3) is 0.429. The molecule has 0 bridgehead atoms. The molecule has 0 N–H and O–H groups in total. The zero-order valence-corrected chi connectivity index (χ0v) is 26.2. The third-order valence-electron chi connectivity index (χ3n) is 7.33. The Morgan fingerprint density at radius 2 is 1.49 bits per heavy atom. The highest BCUT2D eigenvalue weighted by atomic mass is 16.6. The molecule has 3 aromatic carbocycles. The quantitative estimate of drug-likeness (QED) is 0.195. The Labute approximate surface area is 254 Å². The van der Waals surface area contributed by atoms with Crippen LogP contribution in [0.5, 0.6) is 17.2 Å². The van der Waals surface area contributed by atoms with Crippen molar-refractivity contribution in [3.8, 4) is 28.7 Å². The Morgan fingerprint density at radius 1 is 0.837 bits per heavy atom. The van der Waals surface area contributed by atoms with Crippen molar-refractivity contribution in [2.45, 2.75) is 59.0 Å². The average Bonchev–Trinajstić information content (AvgIpc) is 3.38. The second kappa shape index (κ2) is 12.7. The van der Waals surface area contributed by atoms with Gasteiger partial charge in [-0.05, 0) is 86.7 Å². The summed E-state index contributed by atoms with van der Waals surface area (Å²) < 4.78 is 23.6. The van der Waals surface area contributed by atoms with E-state index >= 15 is 0 Å². The standard InChI is InChI=1S/C35H43N3O5/c1-34(2,3)26-10-14-28(15-11-26)41-29-16-17-30-31(24-29)42-32(36-30)25-8-12-27(13-9-25)40-23-7-18-37-19-21-38(22-20-37)33(39)43-35(4,5)6/h8-17,24H,7,18-23H2,1-6H3. The monoisotopic (exact) mass is 585 g/mol. The van der Waals surface area contributed by atoms with E-state index in [4.69, 9.17) is 18.6 Å². The third kappa shape index (κ3) is 8.29. The van der Waals surface area contributed by atoms with Crippen molar-refractivity contribution >= 4 is 17.2 Å². The van der Waals surface area contributed by atoms with Crippen molar-refractivity contribution in [3.63, 3.8) is 0 Å². The van der Waals surface area contributed by atoms with E-state index in [0.717, 1.165) is 48.6 Å². The summed E-state index contributed by atoms with van der Waals surface area (Å²) in [6.07, 6.45) is 0.679. The highest BCUT2D eigenvalue weighted by Gasteiger charge is 2.25. The summed E-state index contributed by atoms with van der Waals surface area (Å²) in [4.78, 5) is 21.1. The Hall–Kier alpha value is -4.04. The number of carbonyl (C=O) groups is 1. The summed E-state index contributed by atoms with van der Waals surface area (Å²) in [5.74, 6) is 2.84. The minimum absolute atomic E-state index is 0.0984. The lowest BCUT2D eigenvalue weighted by molar-refractivity contribution is 0.0142. The van der Waals surface area contributed by atoms with Gasteiger partial charge in [0.25, 0.3) is 0 Å². The van der Waals surface area contributed by atoms with E-state index in [-0.39, 0.29) is 11.5 Å². The smallest absolute Gasteiger partial charge is 0.410 e. The Balaban J connectivity index is 1.08. The predicted octanol–water partition coefficient (Wildman–Crippen LogP) is 7.91. The number of nitrogens with zero attached hydrogens (tertiary/aromatic N) is 3. The average molecular weight is 586 g/mol. The van der Waals surface area contributed by atoms with E-state index in [9.17, 15) is 4.79 Å². The molecule has 2 heterocycles. The fourth-order valence-corrected chi connectivity index (χ4v) is 4.90. The topological polar surface area (TPSA) is 77.3 Å². The molecular formula is C35H43N3O5. The van der Waals surface area contributed by atoms with Gasteiger partial charge in [0.1, 0.15) is 28.4 Å². The van der Waals surface area contributed by atoms with Crippen molar-refractivity contribution in [3.05, 3.63) is 72.3 Å². The Kier molecular flexibility index (Phi) is 8.97. The maximum atomic E-state index is 12.3. The highest BCUT2D eigenvalue weighted by molar-refractivity contribution is 5.78. The maximum absolute atomic E-state index is 12.3. The van der Waals surface area contributed by atoms with Gasteiger partial charge in [-0.25, -0.2) is 9.78 Å². The highest BCUT2D eigenvalue weighted by Crippen LogP contribution is 2.31. The first kappa shape index (κ1) is 30.4. The molecule has 1 saturated heterocycles. The molecule has 43 heavy (non-hydrogen) atoms. The van der Waals surface area contributed by atoms with E-state index in [1.54, 1.807) is 4.90 Å². The van der Waals surface area contributed by atoms with Crippen molar-refractivity contribution < 1.29 is 23.4 Å². The molecule has 1 fully saturated rings. The second-order valence-corrected chi connectivity index (χ2v) is 13.1. The number of piperazine rings is 1. The first-order chi connectivity index (χ1) is 20.4. The maximum Gasteiger partial charge on any atom is 0.410 e. The summed E-state index contributed by atoms with van der Waals surface area (Å²) in [7, 11) is 0. The van der Waals surface area contributed by atoms with Crippen LogP contribution in [0.1, 0.15) is 53.5 Å². The van der Waals surface area contributed by atoms with E-state index in [1.807, 2.05) is 75.4 Å². The lowest BCUT2D eigenvalue weighted by Gasteiger charge is -2.35. The van der Waals surface area contributed by atoms with Crippen LogP contribution in [0.15, 0.2) is 71.1 Å². The van der Waals surface area contributed by atoms with E-state index in [1.165, 1.54) is 5.56 Å². The van der Waals surface area contributed by atoms with E-state index in [2.05, 4.69) is 42.8 Å². The van der Waals surface area contributed by atoms with E-state index in [0.29, 0.717) is 36.9 Å². The van der Waals surface area contributed by atoms with Gasteiger partial charge < -0.3 is 23.5 Å². The van der Waals surface area contributed by atoms with Gasteiger partial charge >= 0.3 is 6.09 Å². The second-order valence-electron chi connectivity index (χ2n) is 13.1. The van der Waals surface area contributed by atoms with Gasteiger partial charge in [-0.3, -0.25) is 4.90 Å². The number of carbonyl (C=O) groups excluding carboxylic acids is 1. The van der Waals surface area contributed by atoms with Crippen LogP contribution in [-0.4, -0.2) is 65.8 Å². The van der Waals surface area contributed by atoms with Gasteiger partial charge in [-0.1, -0.05) is 32.9 Å². The summed E-state index contributed by atoms with van der Waals surface area (Å²) in [6.45, 7) is 16.9. The minimum atomic E-state index is -0.466. The molecule has 0 spiro atoms. The summed E-state index contributed by atoms with van der Waals surface area (Å²) in [5.41, 5.74) is 3.22. The zero-order chi connectivity index (χ0) is 30.6. The van der Waals surface area contributed by atoms with Crippen LogP contribution in [0.4, 0.5) is 4.79 Å². The number of hydrogen-bond donors (Lipinski definition) is 0. The lowest BCUT2D eigenvalue weighted by Crippen LogP contribution is -2.50. The van der Waals surface area contributed by atoms with Gasteiger partial charge in [0.15, 0.2) is 5.58 Å². The Bertz CT molecular complexity index is 1510. The molecule has 228 valence electrons. The molecule has 1 aliphatic heterocycles. The van der Waals surface area contributed by atoms with Gasteiger partial charge in [0.05, 0.1) is 6.61 Å². The molecule has 1 aromatic heterocycles. The van der Waals surface area contributed by atoms with Crippen molar-refractivity contribution in [2.75, 3.05) is 39.3 Å². The number of oxazole rings is 1. The van der Waals surface area contributed by atoms with Crippen LogP contribution >= 0.6 is 0 Å². The van der Waals surface area contributed by atoms with Crippen LogP contribution in [0.3, 0.4) is 0 Å².